The van der Waals surface area contributed by atoms with Crippen LogP contribution in [0.3, 0.4) is 0 Å². The minimum Gasteiger partial charge on any atom is -0.450 e. The van der Waals surface area contributed by atoms with E-state index < -0.39 is 30.3 Å². The van der Waals surface area contributed by atoms with Crippen LogP contribution in [0.5, 0.6) is 0 Å². The van der Waals surface area contributed by atoms with Crippen molar-refractivity contribution in [1.82, 2.24) is 15.5 Å². The predicted octanol–water partition coefficient (Wildman–Crippen LogP) is 1.12. The molecule has 1 aliphatic heterocycles. The molecule has 13 heteroatoms. The van der Waals surface area contributed by atoms with Crippen molar-refractivity contribution in [2.24, 2.45) is 16.8 Å². The number of rotatable bonds is 11. The van der Waals surface area contributed by atoms with E-state index in [2.05, 4.69) is 20.7 Å². The van der Waals surface area contributed by atoms with Gasteiger partial charge in [-0.25, -0.2) is 9.59 Å². The molecule has 0 radical (unpaired) electrons. The van der Waals surface area contributed by atoms with Crippen LogP contribution in [0.4, 0.5) is 4.79 Å². The van der Waals surface area contributed by atoms with E-state index in [0.29, 0.717) is 12.0 Å². The number of nitrogens with one attached hydrogen (secondary N) is 2. The Morgan fingerprint density at radius 2 is 1.97 bits per heavy atom. The molecule has 1 heterocycles. The lowest BCUT2D eigenvalue weighted by Crippen LogP contribution is -2.56. The number of benzene rings is 1. The molecular weight excluding hydrogens is 474 g/mol. The van der Waals surface area contributed by atoms with Gasteiger partial charge in [-0.1, -0.05) is 23.4 Å². The van der Waals surface area contributed by atoms with Gasteiger partial charge in [0.15, 0.2) is 0 Å². The van der Waals surface area contributed by atoms with Crippen LogP contribution in [0.15, 0.2) is 35.5 Å². The van der Waals surface area contributed by atoms with E-state index in [4.69, 9.17) is 20.6 Å². The van der Waals surface area contributed by atoms with Crippen LogP contribution in [0.25, 0.3) is 0 Å². The van der Waals surface area contributed by atoms with Gasteiger partial charge in [-0.2, -0.15) is 4.89 Å². The molecule has 198 valence electrons. The molecular formula is C23H33N5O8. The summed E-state index contributed by atoms with van der Waals surface area (Å²) in [6, 6.07) is 8.53. The smallest absolute Gasteiger partial charge is 0.407 e. The second kappa shape index (κ2) is 14.5. The minimum absolute atomic E-state index is 0.00142. The number of piperidine rings is 1. The third-order valence-corrected chi connectivity index (χ3v) is 5.52. The SMILES string of the molecule is CCOC(=O)NCC(CCC(=O)N1CCC(OOC(C)=O)CC1NC(=O)c1ccccc1)C(N)=NO. The third kappa shape index (κ3) is 9.06. The van der Waals surface area contributed by atoms with Gasteiger partial charge in [0, 0.05) is 44.3 Å². The number of amidine groups is 1. The fourth-order valence-corrected chi connectivity index (χ4v) is 3.68. The molecule has 13 nitrogen and oxygen atoms in total. The molecule has 0 aliphatic carbocycles. The number of hydrogen-bond donors (Lipinski definition) is 4. The van der Waals surface area contributed by atoms with E-state index >= 15 is 0 Å². The molecule has 3 atom stereocenters. The quantitative estimate of drug-likeness (QED) is 0.112. The summed E-state index contributed by atoms with van der Waals surface area (Å²) in [6.07, 6.45) is -1.14. The van der Waals surface area contributed by atoms with E-state index in [-0.39, 0.29) is 56.6 Å². The van der Waals surface area contributed by atoms with Crippen molar-refractivity contribution in [3.05, 3.63) is 35.9 Å². The number of amides is 3. The maximum Gasteiger partial charge on any atom is 0.407 e. The molecule has 1 saturated heterocycles. The zero-order valence-electron chi connectivity index (χ0n) is 20.3. The van der Waals surface area contributed by atoms with Gasteiger partial charge in [0.25, 0.3) is 5.91 Å². The lowest BCUT2D eigenvalue weighted by atomic mass is 9.99. The van der Waals surface area contributed by atoms with Crippen LogP contribution in [-0.2, 0) is 24.1 Å². The Morgan fingerprint density at radius 1 is 1.25 bits per heavy atom. The van der Waals surface area contributed by atoms with Gasteiger partial charge in [0.2, 0.25) is 5.91 Å². The summed E-state index contributed by atoms with van der Waals surface area (Å²) in [4.78, 5) is 59.9. The zero-order chi connectivity index (χ0) is 26.5. The topological polar surface area (TPSA) is 182 Å². The summed E-state index contributed by atoms with van der Waals surface area (Å²) in [7, 11) is 0. The molecule has 1 aliphatic rings. The summed E-state index contributed by atoms with van der Waals surface area (Å²) in [5, 5.41) is 17.4. The predicted molar refractivity (Wildman–Crippen MR) is 126 cm³/mol. The fourth-order valence-electron chi connectivity index (χ4n) is 3.68. The van der Waals surface area contributed by atoms with Gasteiger partial charge < -0.3 is 31.2 Å². The van der Waals surface area contributed by atoms with Crippen LogP contribution in [0, 0.1) is 5.92 Å². The summed E-state index contributed by atoms with van der Waals surface area (Å²) in [5.41, 5.74) is 6.16. The summed E-state index contributed by atoms with van der Waals surface area (Å²) in [6.45, 7) is 3.30. The molecule has 0 spiro atoms. The number of carbonyl (C=O) groups is 4. The maximum absolute atomic E-state index is 13.1. The summed E-state index contributed by atoms with van der Waals surface area (Å²) >= 11 is 0. The monoisotopic (exact) mass is 507 g/mol. The molecule has 2 rings (SSSR count). The summed E-state index contributed by atoms with van der Waals surface area (Å²) in [5.74, 6) is -2.03. The van der Waals surface area contributed by atoms with E-state index in [1.54, 1.807) is 37.3 Å². The van der Waals surface area contributed by atoms with Crippen molar-refractivity contribution in [2.75, 3.05) is 19.7 Å². The van der Waals surface area contributed by atoms with Gasteiger partial charge in [-0.3, -0.25) is 14.5 Å². The molecule has 1 aromatic rings. The highest BCUT2D eigenvalue weighted by atomic mass is 17.2. The molecule has 5 N–H and O–H groups in total. The molecule has 1 aromatic carbocycles. The first kappa shape index (κ1) is 28.4. The van der Waals surface area contributed by atoms with Gasteiger partial charge in [-0.05, 0) is 31.9 Å². The zero-order valence-corrected chi connectivity index (χ0v) is 20.3. The van der Waals surface area contributed by atoms with E-state index in [1.165, 1.54) is 11.8 Å². The number of nitrogens with zero attached hydrogens (tertiary/aromatic N) is 2. The Hall–Kier alpha value is -3.87. The first-order chi connectivity index (χ1) is 17.2. The highest BCUT2D eigenvalue weighted by Gasteiger charge is 2.34. The first-order valence-electron chi connectivity index (χ1n) is 11.6. The number of nitrogens with two attached hydrogens (primary N) is 1. The molecule has 3 amide bonds. The van der Waals surface area contributed by atoms with Crippen LogP contribution in [0.2, 0.25) is 0 Å². The molecule has 0 bridgehead atoms. The van der Waals surface area contributed by atoms with Gasteiger partial charge >= 0.3 is 12.1 Å². The van der Waals surface area contributed by atoms with Crippen molar-refractivity contribution in [2.45, 2.75) is 51.8 Å². The first-order valence-corrected chi connectivity index (χ1v) is 11.6. The van der Waals surface area contributed by atoms with E-state index in [0.717, 1.165) is 0 Å². The van der Waals surface area contributed by atoms with Gasteiger partial charge in [-0.15, -0.1) is 0 Å². The Balaban J connectivity index is 2.06. The van der Waals surface area contributed by atoms with Gasteiger partial charge in [0.1, 0.15) is 18.1 Å². The van der Waals surface area contributed by atoms with Crippen molar-refractivity contribution < 1.29 is 38.9 Å². The van der Waals surface area contributed by atoms with E-state index in [1.807, 2.05) is 0 Å². The van der Waals surface area contributed by atoms with Gasteiger partial charge in [0.05, 0.1) is 6.61 Å². The summed E-state index contributed by atoms with van der Waals surface area (Å²) < 4.78 is 4.81. The average molecular weight is 508 g/mol. The highest BCUT2D eigenvalue weighted by molar-refractivity contribution is 5.94. The standard InChI is InChI=1S/C23H33N5O8/c1-3-34-23(32)25-14-17(21(24)27-33)9-10-20(30)28-12-11-18(36-35-15(2)29)13-19(28)26-22(31)16-7-5-4-6-8-16/h4-8,17-19,33H,3,9-14H2,1-2H3,(H2,24,27)(H,25,32)(H,26,31). The molecule has 1 fully saturated rings. The highest BCUT2D eigenvalue weighted by Crippen LogP contribution is 2.22. The third-order valence-electron chi connectivity index (χ3n) is 5.52. The second-order valence-electron chi connectivity index (χ2n) is 8.12. The number of oxime groups is 1. The Labute approximate surface area is 208 Å². The van der Waals surface area contributed by atoms with Crippen molar-refractivity contribution in [1.29, 1.82) is 0 Å². The van der Waals surface area contributed by atoms with Crippen LogP contribution in [-0.4, -0.2) is 71.8 Å². The molecule has 0 saturated carbocycles. The largest absolute Gasteiger partial charge is 0.450 e. The lowest BCUT2D eigenvalue weighted by molar-refractivity contribution is -0.303. The lowest BCUT2D eigenvalue weighted by Gasteiger charge is -2.39. The second-order valence-corrected chi connectivity index (χ2v) is 8.12. The Morgan fingerprint density at radius 3 is 2.61 bits per heavy atom. The van der Waals surface area contributed by atoms with Crippen molar-refractivity contribution in [3.8, 4) is 0 Å². The molecule has 36 heavy (non-hydrogen) atoms. The number of ether oxygens (including phenoxy) is 1. The number of hydrogen-bond acceptors (Lipinski definition) is 9. The van der Waals surface area contributed by atoms with Crippen molar-refractivity contribution in [3.63, 3.8) is 0 Å². The maximum atomic E-state index is 13.1. The number of carbonyl (C=O) groups excluding carboxylic acids is 4. The van der Waals surface area contributed by atoms with E-state index in [9.17, 15) is 19.2 Å². The molecule has 0 aromatic heterocycles. The van der Waals surface area contributed by atoms with Crippen LogP contribution in [0.1, 0.15) is 49.9 Å². The van der Waals surface area contributed by atoms with Crippen molar-refractivity contribution >= 4 is 29.7 Å². The normalized spacial score (nSPS) is 18.6. The minimum atomic E-state index is -0.723. The number of alkyl carbamates (subject to hydrolysis) is 1. The molecule has 3 unspecified atom stereocenters. The number of likely N-dealkylation sites (tertiary alicyclic amines) is 1. The Bertz CT molecular complexity index is 926. The van der Waals surface area contributed by atoms with Crippen LogP contribution >= 0.6 is 0 Å². The fraction of sp³-hybridized carbons (Fsp3) is 0.522. The average Bonchev–Trinajstić information content (AvgIpc) is 2.87. The Kier molecular flexibility index (Phi) is 11.4. The van der Waals surface area contributed by atoms with Crippen LogP contribution < -0.4 is 16.4 Å².